The lowest BCUT2D eigenvalue weighted by molar-refractivity contribution is 0.104. The van der Waals surface area contributed by atoms with Gasteiger partial charge in [-0.05, 0) is 31.5 Å². The van der Waals surface area contributed by atoms with E-state index in [1.54, 1.807) is 6.20 Å². The molecule has 0 bridgehead atoms. The van der Waals surface area contributed by atoms with Crippen molar-refractivity contribution in [3.05, 3.63) is 69.3 Å². The fourth-order valence-corrected chi connectivity index (χ4v) is 2.86. The van der Waals surface area contributed by atoms with Gasteiger partial charge in [0, 0.05) is 32.7 Å². The number of ketones is 1. The van der Waals surface area contributed by atoms with Crippen molar-refractivity contribution >= 4 is 32.6 Å². The first kappa shape index (κ1) is 13.1. The second kappa shape index (κ2) is 4.91. The van der Waals surface area contributed by atoms with Gasteiger partial charge in [-0.3, -0.25) is 4.79 Å². The van der Waals surface area contributed by atoms with Crippen molar-refractivity contribution in [3.63, 3.8) is 0 Å². The van der Waals surface area contributed by atoms with E-state index in [0.717, 1.165) is 32.1 Å². The van der Waals surface area contributed by atoms with Crippen LogP contribution in [0.5, 0.6) is 0 Å². The number of carbonyl (C=O) groups is 1. The quantitative estimate of drug-likeness (QED) is 0.675. The van der Waals surface area contributed by atoms with Gasteiger partial charge in [-0.25, -0.2) is 0 Å². The fraction of sp³-hybridized carbons (Fsp3) is 0.118. The number of benzene rings is 2. The Morgan fingerprint density at radius 2 is 1.85 bits per heavy atom. The largest absolute Gasteiger partial charge is 0.360 e. The number of hydrogen-bond donors (Lipinski definition) is 1. The molecule has 1 aromatic heterocycles. The molecule has 3 rings (SSSR count). The van der Waals surface area contributed by atoms with Gasteiger partial charge >= 0.3 is 0 Å². The number of halogens is 1. The maximum absolute atomic E-state index is 12.7. The van der Waals surface area contributed by atoms with Crippen LogP contribution in [0.4, 0.5) is 0 Å². The van der Waals surface area contributed by atoms with Crippen molar-refractivity contribution in [2.24, 2.45) is 0 Å². The molecule has 1 heterocycles. The van der Waals surface area contributed by atoms with Crippen LogP contribution in [-0.4, -0.2) is 10.8 Å². The number of H-pyrrole nitrogens is 1. The summed E-state index contributed by atoms with van der Waals surface area (Å²) in [4.78, 5) is 15.9. The molecule has 1 N–H and O–H groups in total. The average molecular weight is 328 g/mol. The molecule has 0 unspecified atom stereocenters. The molecular formula is C17H14BrNO. The summed E-state index contributed by atoms with van der Waals surface area (Å²) >= 11 is 3.44. The minimum atomic E-state index is 0.0658. The summed E-state index contributed by atoms with van der Waals surface area (Å²) in [5.41, 5.74) is 4.63. The monoisotopic (exact) mass is 327 g/mol. The van der Waals surface area contributed by atoms with E-state index in [1.165, 1.54) is 5.56 Å². The van der Waals surface area contributed by atoms with Crippen molar-refractivity contribution in [1.82, 2.24) is 4.98 Å². The molecule has 3 heteroatoms. The first-order chi connectivity index (χ1) is 9.56. The summed E-state index contributed by atoms with van der Waals surface area (Å²) in [7, 11) is 0. The highest BCUT2D eigenvalue weighted by Gasteiger charge is 2.16. The summed E-state index contributed by atoms with van der Waals surface area (Å²) in [6.07, 6.45) is 1.79. The van der Waals surface area contributed by atoms with E-state index in [-0.39, 0.29) is 5.78 Å². The lowest BCUT2D eigenvalue weighted by Crippen LogP contribution is -2.03. The molecule has 0 aliphatic heterocycles. The molecule has 0 radical (unpaired) electrons. The van der Waals surface area contributed by atoms with E-state index >= 15 is 0 Å². The van der Waals surface area contributed by atoms with Crippen LogP contribution in [-0.2, 0) is 0 Å². The summed E-state index contributed by atoms with van der Waals surface area (Å²) in [5, 5.41) is 0.957. The van der Waals surface area contributed by atoms with Crippen molar-refractivity contribution in [2.75, 3.05) is 0 Å². The van der Waals surface area contributed by atoms with Crippen LogP contribution < -0.4 is 0 Å². The van der Waals surface area contributed by atoms with E-state index in [2.05, 4.69) is 20.9 Å². The maximum Gasteiger partial charge on any atom is 0.195 e. The van der Waals surface area contributed by atoms with E-state index < -0.39 is 0 Å². The van der Waals surface area contributed by atoms with Gasteiger partial charge in [0.05, 0.1) is 0 Å². The molecule has 0 aliphatic carbocycles. The molecular weight excluding hydrogens is 314 g/mol. The Labute approximate surface area is 126 Å². The molecule has 0 saturated heterocycles. The summed E-state index contributed by atoms with van der Waals surface area (Å²) < 4.78 is 0.998. The van der Waals surface area contributed by atoms with Crippen molar-refractivity contribution in [3.8, 4) is 0 Å². The molecule has 3 aromatic rings. The number of aromatic nitrogens is 1. The third-order valence-corrected chi connectivity index (χ3v) is 4.01. The zero-order valence-electron chi connectivity index (χ0n) is 11.3. The first-order valence-electron chi connectivity index (χ1n) is 6.45. The van der Waals surface area contributed by atoms with Crippen LogP contribution in [0.25, 0.3) is 10.9 Å². The van der Waals surface area contributed by atoms with Crippen LogP contribution in [0.3, 0.4) is 0 Å². The first-order valence-corrected chi connectivity index (χ1v) is 7.24. The number of rotatable bonds is 2. The summed E-state index contributed by atoms with van der Waals surface area (Å²) in [6, 6.07) is 11.8. The number of aromatic amines is 1. The van der Waals surface area contributed by atoms with Gasteiger partial charge in [0.2, 0.25) is 0 Å². The predicted octanol–water partition coefficient (Wildman–Crippen LogP) is 4.78. The average Bonchev–Trinajstić information content (AvgIpc) is 2.80. The molecule has 0 amide bonds. The molecule has 100 valence electrons. The van der Waals surface area contributed by atoms with Gasteiger partial charge in [-0.2, -0.15) is 0 Å². The number of fused-ring (bicyclic) bond motifs is 1. The third kappa shape index (κ3) is 2.18. The van der Waals surface area contributed by atoms with Gasteiger partial charge in [-0.15, -0.1) is 0 Å². The highest BCUT2D eigenvalue weighted by Crippen LogP contribution is 2.25. The van der Waals surface area contributed by atoms with Gasteiger partial charge in [0.25, 0.3) is 0 Å². The summed E-state index contributed by atoms with van der Waals surface area (Å²) in [6.45, 7) is 4.01. The smallest absolute Gasteiger partial charge is 0.195 e. The van der Waals surface area contributed by atoms with E-state index in [9.17, 15) is 4.79 Å². The highest BCUT2D eigenvalue weighted by molar-refractivity contribution is 9.10. The van der Waals surface area contributed by atoms with E-state index in [1.807, 2.05) is 50.2 Å². The summed E-state index contributed by atoms with van der Waals surface area (Å²) in [5.74, 6) is 0.0658. The van der Waals surface area contributed by atoms with Crippen LogP contribution in [0, 0.1) is 13.8 Å². The Morgan fingerprint density at radius 1 is 1.05 bits per heavy atom. The number of nitrogens with one attached hydrogen (secondary N) is 1. The predicted molar refractivity (Wildman–Crippen MR) is 85.3 cm³/mol. The van der Waals surface area contributed by atoms with Gasteiger partial charge < -0.3 is 4.98 Å². The van der Waals surface area contributed by atoms with Crippen LogP contribution >= 0.6 is 15.9 Å². The minimum absolute atomic E-state index is 0.0658. The van der Waals surface area contributed by atoms with E-state index in [4.69, 9.17) is 0 Å². The lowest BCUT2D eigenvalue weighted by atomic mass is 9.97. The standard InChI is InChI=1S/C17H14BrNO/c1-10-3-5-13(11(2)7-10)17(20)15-9-19-16-8-12(18)4-6-14(15)16/h3-9,19H,1-2H3. The zero-order valence-corrected chi connectivity index (χ0v) is 12.9. The van der Waals surface area contributed by atoms with Gasteiger partial charge in [0.15, 0.2) is 5.78 Å². The molecule has 20 heavy (non-hydrogen) atoms. The lowest BCUT2D eigenvalue weighted by Gasteiger charge is -2.05. The van der Waals surface area contributed by atoms with Crippen molar-refractivity contribution in [2.45, 2.75) is 13.8 Å². The minimum Gasteiger partial charge on any atom is -0.360 e. The normalized spacial score (nSPS) is 10.9. The Balaban J connectivity index is 2.13. The molecule has 2 nitrogen and oxygen atoms in total. The molecule has 0 spiro atoms. The zero-order chi connectivity index (χ0) is 14.3. The van der Waals surface area contributed by atoms with Crippen LogP contribution in [0.1, 0.15) is 27.0 Å². The van der Waals surface area contributed by atoms with Crippen LogP contribution in [0.15, 0.2) is 47.1 Å². The van der Waals surface area contributed by atoms with Crippen molar-refractivity contribution < 1.29 is 4.79 Å². The third-order valence-electron chi connectivity index (χ3n) is 3.51. The van der Waals surface area contributed by atoms with Crippen LogP contribution in [0.2, 0.25) is 0 Å². The molecule has 2 aromatic carbocycles. The number of carbonyl (C=O) groups excluding carboxylic acids is 1. The second-order valence-electron chi connectivity index (χ2n) is 5.04. The van der Waals surface area contributed by atoms with E-state index in [0.29, 0.717) is 0 Å². The van der Waals surface area contributed by atoms with Crippen molar-refractivity contribution in [1.29, 1.82) is 0 Å². The Morgan fingerprint density at radius 3 is 2.60 bits per heavy atom. The molecule has 0 atom stereocenters. The second-order valence-corrected chi connectivity index (χ2v) is 5.96. The molecule has 0 aliphatic rings. The number of aryl methyl sites for hydroxylation is 2. The Hall–Kier alpha value is -1.87. The Bertz CT molecular complexity index is 817. The van der Waals surface area contributed by atoms with Gasteiger partial charge in [0.1, 0.15) is 0 Å². The fourth-order valence-electron chi connectivity index (χ4n) is 2.50. The topological polar surface area (TPSA) is 32.9 Å². The Kier molecular flexibility index (Phi) is 3.22. The maximum atomic E-state index is 12.7. The molecule has 0 fully saturated rings. The molecule has 0 saturated carbocycles. The highest BCUT2D eigenvalue weighted by atomic mass is 79.9. The SMILES string of the molecule is Cc1ccc(C(=O)c2c[nH]c3cc(Br)ccc23)c(C)c1. The van der Waals surface area contributed by atoms with Gasteiger partial charge in [-0.1, -0.05) is 45.8 Å². The number of hydrogen-bond acceptors (Lipinski definition) is 1.